The lowest BCUT2D eigenvalue weighted by atomic mass is 10.0. The summed E-state index contributed by atoms with van der Waals surface area (Å²) in [6.07, 6.45) is 5.07. The number of nitrogens with one attached hydrogen (secondary N) is 2. The Morgan fingerprint density at radius 3 is 2.85 bits per heavy atom. The zero-order valence-corrected chi connectivity index (χ0v) is 19.2. The largest absolute Gasteiger partial charge is 0.465 e. The quantitative estimate of drug-likeness (QED) is 0.200. The van der Waals surface area contributed by atoms with Crippen molar-refractivity contribution < 1.29 is 13.9 Å². The van der Waals surface area contributed by atoms with E-state index in [0.717, 1.165) is 25.5 Å². The Kier molecular flexibility index (Phi) is 10.8. The van der Waals surface area contributed by atoms with Crippen LogP contribution in [0.25, 0.3) is 0 Å². The molecule has 1 atom stereocenters. The van der Waals surface area contributed by atoms with Gasteiger partial charge >= 0.3 is 5.97 Å². The average molecular weight is 492 g/mol. The Hall–Kier alpha value is -1.29. The lowest BCUT2D eigenvalue weighted by molar-refractivity contribution is 0.0599. The summed E-state index contributed by atoms with van der Waals surface area (Å²) in [4.78, 5) is 18.4. The molecule has 0 amide bonds. The van der Waals surface area contributed by atoms with E-state index in [1.54, 1.807) is 20.0 Å². The van der Waals surface area contributed by atoms with Crippen LogP contribution in [0.1, 0.15) is 54.5 Å². The number of carbonyl (C=O) groups excluding carboxylic acids is 1. The molecule has 7 nitrogen and oxygen atoms in total. The van der Waals surface area contributed by atoms with Gasteiger partial charge in [0.2, 0.25) is 0 Å². The maximum absolute atomic E-state index is 11.6. The summed E-state index contributed by atoms with van der Waals surface area (Å²) in [6.45, 7) is 7.74. The van der Waals surface area contributed by atoms with Crippen molar-refractivity contribution in [3.05, 3.63) is 23.2 Å². The van der Waals surface area contributed by atoms with E-state index in [9.17, 15) is 4.79 Å². The van der Waals surface area contributed by atoms with E-state index in [4.69, 9.17) is 9.15 Å². The fourth-order valence-corrected chi connectivity index (χ4v) is 3.31. The number of carbonyl (C=O) groups is 1. The van der Waals surface area contributed by atoms with Crippen molar-refractivity contribution in [2.45, 2.75) is 52.1 Å². The van der Waals surface area contributed by atoms with Gasteiger partial charge in [-0.2, -0.15) is 0 Å². The highest BCUT2D eigenvalue weighted by molar-refractivity contribution is 14.0. The maximum atomic E-state index is 11.6. The summed E-state index contributed by atoms with van der Waals surface area (Å²) in [5.74, 6) is 1.58. The monoisotopic (exact) mass is 492 g/mol. The molecule has 27 heavy (non-hydrogen) atoms. The van der Waals surface area contributed by atoms with E-state index in [1.165, 1.54) is 32.9 Å². The van der Waals surface area contributed by atoms with Gasteiger partial charge in [-0.15, -0.1) is 24.0 Å². The summed E-state index contributed by atoms with van der Waals surface area (Å²) < 4.78 is 10.3. The third-order valence-electron chi connectivity index (χ3n) is 4.88. The van der Waals surface area contributed by atoms with Gasteiger partial charge < -0.3 is 24.7 Å². The van der Waals surface area contributed by atoms with E-state index in [1.807, 2.05) is 0 Å². The van der Waals surface area contributed by atoms with Crippen molar-refractivity contribution in [1.82, 2.24) is 15.5 Å². The second-order valence-corrected chi connectivity index (χ2v) is 6.76. The molecule has 1 unspecified atom stereocenters. The van der Waals surface area contributed by atoms with Crippen molar-refractivity contribution in [1.29, 1.82) is 0 Å². The molecule has 2 N–H and O–H groups in total. The molecule has 1 aliphatic rings. The molecule has 0 spiro atoms. The van der Waals surface area contributed by atoms with Gasteiger partial charge in [0, 0.05) is 26.2 Å². The zero-order chi connectivity index (χ0) is 18.9. The summed E-state index contributed by atoms with van der Waals surface area (Å²) in [6, 6.07) is 2.41. The average Bonchev–Trinajstić information content (AvgIpc) is 3.02. The molecule has 2 rings (SSSR count). The fraction of sp³-hybridized carbons (Fsp3) is 0.684. The number of aliphatic imine (C=N–C) groups is 1. The maximum Gasteiger partial charge on any atom is 0.341 e. The molecule has 0 radical (unpaired) electrons. The van der Waals surface area contributed by atoms with Crippen LogP contribution in [0, 0.1) is 6.92 Å². The number of guanidine groups is 1. The lowest BCUT2D eigenvalue weighted by Crippen LogP contribution is -2.41. The second kappa shape index (κ2) is 12.2. The highest BCUT2D eigenvalue weighted by Gasteiger charge is 2.17. The van der Waals surface area contributed by atoms with E-state index in [-0.39, 0.29) is 29.9 Å². The highest BCUT2D eigenvalue weighted by Crippen LogP contribution is 2.16. The SMILES string of the molecule is CN=C(NCCCN1CCCCC1C)NCc1cc(C(=O)OC)c(C)o1.I. The lowest BCUT2D eigenvalue weighted by Gasteiger charge is -2.33. The van der Waals surface area contributed by atoms with E-state index < -0.39 is 0 Å². The molecular formula is C19H33IN4O3. The van der Waals surface area contributed by atoms with Crippen molar-refractivity contribution in [3.63, 3.8) is 0 Å². The van der Waals surface area contributed by atoms with Gasteiger partial charge in [-0.05, 0) is 45.7 Å². The van der Waals surface area contributed by atoms with E-state index >= 15 is 0 Å². The van der Waals surface area contributed by atoms with E-state index in [0.29, 0.717) is 29.7 Å². The van der Waals surface area contributed by atoms with Crippen molar-refractivity contribution in [2.75, 3.05) is 33.8 Å². The van der Waals surface area contributed by atoms with Gasteiger partial charge in [0.15, 0.2) is 5.96 Å². The number of methoxy groups -OCH3 is 1. The number of ether oxygens (including phenoxy) is 1. The summed E-state index contributed by atoms with van der Waals surface area (Å²) >= 11 is 0. The van der Waals surface area contributed by atoms with Crippen LogP contribution in [0.4, 0.5) is 0 Å². The molecule has 0 aliphatic carbocycles. The normalized spacial score (nSPS) is 17.9. The number of halogens is 1. The van der Waals surface area contributed by atoms with Crippen molar-refractivity contribution >= 4 is 35.9 Å². The molecule has 8 heteroatoms. The molecule has 0 bridgehead atoms. The van der Waals surface area contributed by atoms with Crippen LogP contribution in [0.2, 0.25) is 0 Å². The molecule has 1 aromatic heterocycles. The first-order valence-electron chi connectivity index (χ1n) is 9.41. The zero-order valence-electron chi connectivity index (χ0n) is 16.8. The summed E-state index contributed by atoms with van der Waals surface area (Å²) in [5.41, 5.74) is 0.461. The minimum Gasteiger partial charge on any atom is -0.465 e. The Morgan fingerprint density at radius 2 is 2.19 bits per heavy atom. The first-order valence-corrected chi connectivity index (χ1v) is 9.41. The molecule has 0 saturated carbocycles. The van der Waals surface area contributed by atoms with Crippen LogP contribution in [0.3, 0.4) is 0 Å². The van der Waals surface area contributed by atoms with Crippen LogP contribution in [-0.2, 0) is 11.3 Å². The minimum atomic E-state index is -0.382. The van der Waals surface area contributed by atoms with Gasteiger partial charge in [0.05, 0.1) is 13.7 Å². The Bertz CT molecular complexity index is 618. The number of piperidine rings is 1. The number of likely N-dealkylation sites (tertiary alicyclic amines) is 1. The van der Waals surface area contributed by atoms with Crippen LogP contribution in [0.15, 0.2) is 15.5 Å². The van der Waals surface area contributed by atoms with Gasteiger partial charge in [-0.1, -0.05) is 6.42 Å². The van der Waals surface area contributed by atoms with E-state index in [2.05, 4.69) is 27.4 Å². The number of hydrogen-bond donors (Lipinski definition) is 2. The van der Waals surface area contributed by atoms with Crippen molar-refractivity contribution in [2.24, 2.45) is 4.99 Å². The van der Waals surface area contributed by atoms with Crippen LogP contribution in [0.5, 0.6) is 0 Å². The molecule has 1 fully saturated rings. The topological polar surface area (TPSA) is 79.1 Å². The van der Waals surface area contributed by atoms with Gasteiger partial charge in [-0.3, -0.25) is 4.99 Å². The number of furan rings is 1. The molecular weight excluding hydrogens is 459 g/mol. The Balaban J connectivity index is 0.00000364. The third kappa shape index (κ3) is 7.33. The molecule has 1 saturated heterocycles. The van der Waals surface area contributed by atoms with Crippen LogP contribution < -0.4 is 10.6 Å². The van der Waals surface area contributed by atoms with Gasteiger partial charge in [-0.25, -0.2) is 4.79 Å². The second-order valence-electron chi connectivity index (χ2n) is 6.76. The first kappa shape index (κ1) is 23.7. The molecule has 1 aromatic rings. The summed E-state index contributed by atoms with van der Waals surface area (Å²) in [7, 11) is 3.11. The number of hydrogen-bond acceptors (Lipinski definition) is 5. The Morgan fingerprint density at radius 1 is 1.41 bits per heavy atom. The van der Waals surface area contributed by atoms with Gasteiger partial charge in [0.1, 0.15) is 17.1 Å². The molecule has 1 aliphatic heterocycles. The molecule has 154 valence electrons. The number of esters is 1. The number of rotatable bonds is 7. The predicted molar refractivity (Wildman–Crippen MR) is 118 cm³/mol. The first-order chi connectivity index (χ1) is 12.5. The molecule has 0 aromatic carbocycles. The number of aryl methyl sites for hydroxylation is 1. The van der Waals surface area contributed by atoms with Gasteiger partial charge in [0.25, 0.3) is 0 Å². The number of nitrogens with zero attached hydrogens (tertiary/aromatic N) is 2. The third-order valence-corrected chi connectivity index (χ3v) is 4.88. The van der Waals surface area contributed by atoms with Crippen LogP contribution in [-0.4, -0.2) is 56.7 Å². The molecule has 2 heterocycles. The highest BCUT2D eigenvalue weighted by atomic mass is 127. The van der Waals surface area contributed by atoms with Crippen LogP contribution >= 0.6 is 24.0 Å². The van der Waals surface area contributed by atoms with Crippen molar-refractivity contribution in [3.8, 4) is 0 Å². The smallest absolute Gasteiger partial charge is 0.341 e. The Labute approximate surface area is 179 Å². The summed E-state index contributed by atoms with van der Waals surface area (Å²) in [5, 5.41) is 6.54. The minimum absolute atomic E-state index is 0. The fourth-order valence-electron chi connectivity index (χ4n) is 3.31. The predicted octanol–water partition coefficient (Wildman–Crippen LogP) is 2.92. The standard InChI is InChI=1S/C19H32N4O3.HI/c1-14-8-5-6-10-23(14)11-7-9-21-19(20-3)22-13-16-12-17(15(2)26-16)18(24)25-4;/h12,14H,5-11,13H2,1-4H3,(H2,20,21,22);1H.